The van der Waals surface area contributed by atoms with Crippen molar-refractivity contribution in [3.63, 3.8) is 0 Å². The van der Waals surface area contributed by atoms with E-state index in [0.29, 0.717) is 5.69 Å². The van der Waals surface area contributed by atoms with E-state index in [2.05, 4.69) is 5.32 Å². The molecule has 1 aromatic carbocycles. The minimum Gasteiger partial charge on any atom is -0.398 e. The molecule has 1 aromatic rings. The zero-order valence-corrected chi connectivity index (χ0v) is 12.5. The predicted molar refractivity (Wildman–Crippen MR) is 78.3 cm³/mol. The topological polar surface area (TPSA) is 89.3 Å². The van der Waals surface area contributed by atoms with Crippen LogP contribution in [0.1, 0.15) is 25.7 Å². The maximum absolute atomic E-state index is 12.1. The van der Waals surface area contributed by atoms with E-state index < -0.39 is 21.5 Å². The molecule has 0 heterocycles. The van der Waals surface area contributed by atoms with Crippen molar-refractivity contribution in [3.8, 4) is 0 Å². The summed E-state index contributed by atoms with van der Waals surface area (Å²) in [4.78, 5) is 11.8. The van der Waals surface area contributed by atoms with Crippen LogP contribution in [0.5, 0.6) is 0 Å². The highest BCUT2D eigenvalue weighted by molar-refractivity contribution is 7.92. The van der Waals surface area contributed by atoms with E-state index in [-0.39, 0.29) is 16.0 Å². The molecule has 0 radical (unpaired) electrons. The maximum atomic E-state index is 12.1. The molecule has 110 valence electrons. The van der Waals surface area contributed by atoms with Gasteiger partial charge >= 0.3 is 0 Å². The molecule has 20 heavy (non-hydrogen) atoms. The Kier molecular flexibility index (Phi) is 4.55. The number of nitrogens with two attached hydrogens (primary N) is 1. The van der Waals surface area contributed by atoms with Gasteiger partial charge in [-0.1, -0.05) is 24.4 Å². The smallest absolute Gasteiger partial charge is 0.235 e. The summed E-state index contributed by atoms with van der Waals surface area (Å²) in [5.74, 6) is -1.03. The van der Waals surface area contributed by atoms with Crippen LogP contribution in [0.4, 0.5) is 5.69 Å². The molecule has 1 saturated carbocycles. The Hall–Kier alpha value is -1.27. The Morgan fingerprint density at radius 1 is 1.35 bits per heavy atom. The average molecular weight is 317 g/mol. The number of nitrogens with one attached hydrogen (secondary N) is 1. The van der Waals surface area contributed by atoms with Crippen LogP contribution in [-0.4, -0.2) is 26.1 Å². The first-order valence-electron chi connectivity index (χ1n) is 6.45. The van der Waals surface area contributed by atoms with Gasteiger partial charge in [0.2, 0.25) is 5.91 Å². The standard InChI is InChI=1S/C13H17ClN2O3S/c14-11-7-10(5-6-12(11)15)20(18,19)8-13(17)16-9-3-1-2-4-9/h5-7,9H,1-4,8,15H2,(H,16,17). The van der Waals surface area contributed by atoms with Gasteiger partial charge in [-0.05, 0) is 31.0 Å². The highest BCUT2D eigenvalue weighted by atomic mass is 35.5. The van der Waals surface area contributed by atoms with Crippen molar-refractivity contribution in [3.05, 3.63) is 23.2 Å². The van der Waals surface area contributed by atoms with Gasteiger partial charge in [0.05, 0.1) is 15.6 Å². The van der Waals surface area contributed by atoms with Gasteiger partial charge in [-0.15, -0.1) is 0 Å². The zero-order chi connectivity index (χ0) is 14.8. The number of anilines is 1. The number of sulfone groups is 1. The predicted octanol–water partition coefficient (Wildman–Crippen LogP) is 1.75. The highest BCUT2D eigenvalue weighted by Gasteiger charge is 2.23. The number of rotatable bonds is 4. The Morgan fingerprint density at radius 3 is 2.60 bits per heavy atom. The van der Waals surface area contributed by atoms with Gasteiger partial charge in [-0.2, -0.15) is 0 Å². The highest BCUT2D eigenvalue weighted by Crippen LogP contribution is 2.23. The van der Waals surface area contributed by atoms with Gasteiger partial charge in [0.15, 0.2) is 9.84 Å². The fourth-order valence-corrected chi connectivity index (χ4v) is 3.71. The van der Waals surface area contributed by atoms with Gasteiger partial charge in [0.25, 0.3) is 0 Å². The number of nitrogen functional groups attached to an aromatic ring is 1. The molecule has 2 rings (SSSR count). The summed E-state index contributed by atoms with van der Waals surface area (Å²) in [5, 5.41) is 2.92. The lowest BCUT2D eigenvalue weighted by atomic mass is 10.2. The molecule has 0 unspecified atom stereocenters. The first-order chi connectivity index (χ1) is 9.38. The van der Waals surface area contributed by atoms with Crippen LogP contribution in [0.3, 0.4) is 0 Å². The number of carbonyl (C=O) groups is 1. The summed E-state index contributed by atoms with van der Waals surface area (Å²) in [6.07, 6.45) is 3.98. The minimum atomic E-state index is -3.69. The molecule has 5 nitrogen and oxygen atoms in total. The molecule has 0 atom stereocenters. The summed E-state index contributed by atoms with van der Waals surface area (Å²) >= 11 is 5.80. The van der Waals surface area contributed by atoms with Crippen molar-refractivity contribution in [2.45, 2.75) is 36.6 Å². The quantitative estimate of drug-likeness (QED) is 0.828. The SMILES string of the molecule is Nc1ccc(S(=O)(=O)CC(=O)NC2CCCC2)cc1Cl. The van der Waals surface area contributed by atoms with E-state index in [1.165, 1.54) is 18.2 Å². The van der Waals surface area contributed by atoms with E-state index in [4.69, 9.17) is 17.3 Å². The van der Waals surface area contributed by atoms with Crippen molar-refractivity contribution in [1.82, 2.24) is 5.32 Å². The first kappa shape index (κ1) is 15.1. The Bertz CT molecular complexity index is 610. The Balaban J connectivity index is 2.06. The second-order valence-corrected chi connectivity index (χ2v) is 7.39. The summed E-state index contributed by atoms with van der Waals surface area (Å²) < 4.78 is 24.2. The summed E-state index contributed by atoms with van der Waals surface area (Å²) in [6.45, 7) is 0. The van der Waals surface area contributed by atoms with Crippen LogP contribution in [0.15, 0.2) is 23.1 Å². The minimum absolute atomic E-state index is 0.0123. The van der Waals surface area contributed by atoms with Crippen LogP contribution in [-0.2, 0) is 14.6 Å². The number of amides is 1. The number of halogens is 1. The van der Waals surface area contributed by atoms with Gasteiger partial charge in [0, 0.05) is 6.04 Å². The summed E-state index contributed by atoms with van der Waals surface area (Å²) in [6, 6.07) is 4.16. The molecule has 1 amide bonds. The first-order valence-corrected chi connectivity index (χ1v) is 8.48. The van der Waals surface area contributed by atoms with Gasteiger partial charge in [-0.25, -0.2) is 8.42 Å². The zero-order valence-electron chi connectivity index (χ0n) is 10.9. The van der Waals surface area contributed by atoms with E-state index in [1.54, 1.807) is 0 Å². The van der Waals surface area contributed by atoms with E-state index >= 15 is 0 Å². The summed E-state index contributed by atoms with van der Waals surface area (Å²) in [5.41, 5.74) is 5.84. The molecule has 1 aliphatic rings. The Morgan fingerprint density at radius 2 is 2.00 bits per heavy atom. The molecule has 0 spiro atoms. The third-order valence-electron chi connectivity index (χ3n) is 3.37. The normalized spacial score (nSPS) is 16.2. The van der Waals surface area contributed by atoms with Crippen LogP contribution >= 0.6 is 11.6 Å². The van der Waals surface area contributed by atoms with Gasteiger partial charge in [0.1, 0.15) is 5.75 Å². The molecule has 3 N–H and O–H groups in total. The third kappa shape index (κ3) is 3.64. The molecular weight excluding hydrogens is 300 g/mol. The largest absolute Gasteiger partial charge is 0.398 e. The van der Waals surface area contributed by atoms with Crippen LogP contribution in [0.2, 0.25) is 5.02 Å². The monoisotopic (exact) mass is 316 g/mol. The molecule has 1 aliphatic carbocycles. The molecule has 0 aliphatic heterocycles. The maximum Gasteiger partial charge on any atom is 0.235 e. The lowest BCUT2D eigenvalue weighted by Crippen LogP contribution is -2.36. The Labute approximate surface area is 123 Å². The van der Waals surface area contributed by atoms with Crippen molar-refractivity contribution < 1.29 is 13.2 Å². The number of hydrogen-bond donors (Lipinski definition) is 2. The lowest BCUT2D eigenvalue weighted by molar-refractivity contribution is -0.119. The van der Waals surface area contributed by atoms with E-state index in [9.17, 15) is 13.2 Å². The average Bonchev–Trinajstić information content (AvgIpc) is 2.84. The molecule has 0 saturated heterocycles. The van der Waals surface area contributed by atoms with Crippen LogP contribution in [0, 0.1) is 0 Å². The van der Waals surface area contributed by atoms with Gasteiger partial charge in [-0.3, -0.25) is 4.79 Å². The lowest BCUT2D eigenvalue weighted by Gasteiger charge is -2.12. The van der Waals surface area contributed by atoms with Crippen molar-refractivity contribution >= 4 is 33.0 Å². The summed E-state index contributed by atoms with van der Waals surface area (Å²) in [7, 11) is -3.69. The van der Waals surface area contributed by atoms with Crippen LogP contribution < -0.4 is 11.1 Å². The molecule has 7 heteroatoms. The third-order valence-corrected chi connectivity index (χ3v) is 5.31. The molecule has 1 fully saturated rings. The van der Waals surface area contributed by atoms with E-state index in [0.717, 1.165) is 25.7 Å². The second kappa shape index (κ2) is 6.01. The van der Waals surface area contributed by atoms with Crippen LogP contribution in [0.25, 0.3) is 0 Å². The second-order valence-electron chi connectivity index (χ2n) is 4.99. The number of benzene rings is 1. The van der Waals surface area contributed by atoms with Gasteiger partial charge < -0.3 is 11.1 Å². The van der Waals surface area contributed by atoms with E-state index in [1.807, 2.05) is 0 Å². The number of hydrogen-bond acceptors (Lipinski definition) is 4. The molecular formula is C13H17ClN2O3S. The fourth-order valence-electron chi connectivity index (χ4n) is 2.30. The van der Waals surface area contributed by atoms with Crippen molar-refractivity contribution in [2.24, 2.45) is 0 Å². The number of carbonyl (C=O) groups excluding carboxylic acids is 1. The molecule has 0 bridgehead atoms. The molecule has 0 aromatic heterocycles. The van der Waals surface area contributed by atoms with Crippen molar-refractivity contribution in [2.75, 3.05) is 11.5 Å². The van der Waals surface area contributed by atoms with Crippen molar-refractivity contribution in [1.29, 1.82) is 0 Å². The fraction of sp³-hybridized carbons (Fsp3) is 0.462.